The highest BCUT2D eigenvalue weighted by Crippen LogP contribution is 2.29. The Morgan fingerprint density at radius 1 is 0.889 bits per heavy atom. The number of ether oxygens (including phenoxy) is 1. The Hall–Kier alpha value is -1.51. The van der Waals surface area contributed by atoms with Crippen molar-refractivity contribution in [2.45, 2.75) is 6.42 Å². The summed E-state index contributed by atoms with van der Waals surface area (Å²) in [6, 6.07) is 18.4. The van der Waals surface area contributed by atoms with Crippen LogP contribution in [0.1, 0.15) is 6.42 Å². The first-order chi connectivity index (χ1) is 8.42. The summed E-state index contributed by atoms with van der Waals surface area (Å²) in [5, 5.41) is 0. The molecule has 0 aliphatic rings. The Morgan fingerprint density at radius 3 is 2.28 bits per heavy atom. The Labute approximate surface area is 114 Å². The minimum absolute atomic E-state index is 0. The second kappa shape index (κ2) is 7.75. The van der Waals surface area contributed by atoms with Crippen molar-refractivity contribution >= 4 is 12.4 Å². The molecular formula is C15H18ClNO. The van der Waals surface area contributed by atoms with Gasteiger partial charge in [0.1, 0.15) is 5.75 Å². The van der Waals surface area contributed by atoms with Gasteiger partial charge >= 0.3 is 0 Å². The molecule has 18 heavy (non-hydrogen) atoms. The van der Waals surface area contributed by atoms with Crippen LogP contribution in [0.3, 0.4) is 0 Å². The quantitative estimate of drug-likeness (QED) is 0.838. The lowest BCUT2D eigenvalue weighted by Gasteiger charge is -2.11. The maximum Gasteiger partial charge on any atom is 0.127 e. The van der Waals surface area contributed by atoms with E-state index in [1.165, 1.54) is 5.56 Å². The fourth-order valence-corrected chi connectivity index (χ4v) is 1.71. The van der Waals surface area contributed by atoms with Crippen LogP contribution in [0, 0.1) is 0 Å². The van der Waals surface area contributed by atoms with E-state index in [9.17, 15) is 0 Å². The summed E-state index contributed by atoms with van der Waals surface area (Å²) in [6.45, 7) is 1.33. The number of nitrogens with two attached hydrogens (primary N) is 1. The van der Waals surface area contributed by atoms with Gasteiger partial charge < -0.3 is 10.5 Å². The Kier molecular flexibility index (Phi) is 6.26. The molecular weight excluding hydrogens is 246 g/mol. The molecule has 0 spiro atoms. The van der Waals surface area contributed by atoms with Crippen LogP contribution in [0.25, 0.3) is 11.1 Å². The van der Waals surface area contributed by atoms with Gasteiger partial charge in [0.2, 0.25) is 0 Å². The van der Waals surface area contributed by atoms with Crippen LogP contribution in [-0.4, -0.2) is 13.2 Å². The SMILES string of the molecule is Cl.NCCCOc1ccccc1-c1ccccc1. The lowest BCUT2D eigenvalue weighted by Crippen LogP contribution is -2.06. The molecule has 0 unspecified atom stereocenters. The van der Waals surface area contributed by atoms with E-state index < -0.39 is 0 Å². The van der Waals surface area contributed by atoms with Crippen molar-refractivity contribution in [2.24, 2.45) is 5.73 Å². The third kappa shape index (κ3) is 3.76. The molecule has 0 aliphatic carbocycles. The first kappa shape index (κ1) is 14.6. The van der Waals surface area contributed by atoms with Gasteiger partial charge in [0, 0.05) is 5.56 Å². The minimum Gasteiger partial charge on any atom is -0.493 e. The molecule has 96 valence electrons. The summed E-state index contributed by atoms with van der Waals surface area (Å²) < 4.78 is 5.75. The van der Waals surface area contributed by atoms with Gasteiger partial charge in [-0.05, 0) is 24.6 Å². The van der Waals surface area contributed by atoms with Crippen LogP contribution >= 0.6 is 12.4 Å². The van der Waals surface area contributed by atoms with Gasteiger partial charge in [0.05, 0.1) is 6.61 Å². The minimum atomic E-state index is 0. The van der Waals surface area contributed by atoms with E-state index in [0.717, 1.165) is 17.7 Å². The van der Waals surface area contributed by atoms with E-state index in [0.29, 0.717) is 13.2 Å². The molecule has 0 aromatic heterocycles. The zero-order valence-electron chi connectivity index (χ0n) is 10.2. The van der Waals surface area contributed by atoms with Gasteiger partial charge in [0.25, 0.3) is 0 Å². The van der Waals surface area contributed by atoms with E-state index in [1.54, 1.807) is 0 Å². The lowest BCUT2D eigenvalue weighted by molar-refractivity contribution is 0.314. The van der Waals surface area contributed by atoms with Crippen LogP contribution in [0.4, 0.5) is 0 Å². The topological polar surface area (TPSA) is 35.2 Å². The first-order valence-electron chi connectivity index (χ1n) is 5.89. The van der Waals surface area contributed by atoms with E-state index in [-0.39, 0.29) is 12.4 Å². The lowest BCUT2D eigenvalue weighted by atomic mass is 10.1. The summed E-state index contributed by atoms with van der Waals surface area (Å²) in [4.78, 5) is 0. The van der Waals surface area contributed by atoms with Crippen molar-refractivity contribution < 1.29 is 4.74 Å². The van der Waals surface area contributed by atoms with Crippen molar-refractivity contribution in [1.82, 2.24) is 0 Å². The van der Waals surface area contributed by atoms with Gasteiger partial charge in [-0.15, -0.1) is 12.4 Å². The maximum absolute atomic E-state index is 5.75. The van der Waals surface area contributed by atoms with Crippen LogP contribution in [-0.2, 0) is 0 Å². The second-order valence-electron chi connectivity index (χ2n) is 3.85. The van der Waals surface area contributed by atoms with Crippen molar-refractivity contribution in [3.05, 3.63) is 54.6 Å². The molecule has 2 aromatic rings. The first-order valence-corrected chi connectivity index (χ1v) is 5.89. The zero-order valence-corrected chi connectivity index (χ0v) is 11.0. The monoisotopic (exact) mass is 263 g/mol. The molecule has 2 rings (SSSR count). The van der Waals surface area contributed by atoms with Crippen LogP contribution in [0.2, 0.25) is 0 Å². The molecule has 0 saturated carbocycles. The summed E-state index contributed by atoms with van der Waals surface area (Å²) in [7, 11) is 0. The van der Waals surface area contributed by atoms with Gasteiger partial charge in [-0.3, -0.25) is 0 Å². The largest absolute Gasteiger partial charge is 0.493 e. The summed E-state index contributed by atoms with van der Waals surface area (Å²) in [5.74, 6) is 0.923. The summed E-state index contributed by atoms with van der Waals surface area (Å²) in [6.07, 6.45) is 0.878. The summed E-state index contributed by atoms with van der Waals surface area (Å²) >= 11 is 0. The fraction of sp³-hybridized carbons (Fsp3) is 0.200. The summed E-state index contributed by atoms with van der Waals surface area (Å²) in [5.41, 5.74) is 7.77. The van der Waals surface area contributed by atoms with Crippen LogP contribution in [0.15, 0.2) is 54.6 Å². The number of hydrogen-bond acceptors (Lipinski definition) is 2. The number of para-hydroxylation sites is 1. The van der Waals surface area contributed by atoms with E-state index in [2.05, 4.69) is 18.2 Å². The Morgan fingerprint density at radius 2 is 1.56 bits per heavy atom. The molecule has 0 radical (unpaired) electrons. The number of rotatable bonds is 5. The highest BCUT2D eigenvalue weighted by Gasteiger charge is 2.04. The van der Waals surface area contributed by atoms with E-state index >= 15 is 0 Å². The fourth-order valence-electron chi connectivity index (χ4n) is 1.71. The molecule has 0 saturated heterocycles. The van der Waals surface area contributed by atoms with Crippen LogP contribution < -0.4 is 10.5 Å². The third-order valence-corrected chi connectivity index (χ3v) is 2.58. The third-order valence-electron chi connectivity index (χ3n) is 2.58. The molecule has 0 amide bonds. The van der Waals surface area contributed by atoms with Crippen molar-refractivity contribution in [2.75, 3.05) is 13.2 Å². The molecule has 0 heterocycles. The number of benzene rings is 2. The molecule has 2 aromatic carbocycles. The normalized spacial score (nSPS) is 9.61. The molecule has 0 atom stereocenters. The molecule has 3 heteroatoms. The molecule has 0 aliphatic heterocycles. The second-order valence-corrected chi connectivity index (χ2v) is 3.85. The van der Waals surface area contributed by atoms with Crippen molar-refractivity contribution in [3.8, 4) is 16.9 Å². The van der Waals surface area contributed by atoms with E-state index in [4.69, 9.17) is 10.5 Å². The molecule has 0 fully saturated rings. The van der Waals surface area contributed by atoms with Gasteiger partial charge in [-0.25, -0.2) is 0 Å². The smallest absolute Gasteiger partial charge is 0.127 e. The molecule has 2 nitrogen and oxygen atoms in total. The average molecular weight is 264 g/mol. The standard InChI is InChI=1S/C15H17NO.ClH/c16-11-6-12-17-15-10-5-4-9-14(15)13-7-2-1-3-8-13;/h1-5,7-10H,6,11-12,16H2;1H. The molecule has 2 N–H and O–H groups in total. The van der Waals surface area contributed by atoms with Crippen molar-refractivity contribution in [3.63, 3.8) is 0 Å². The predicted octanol–water partition coefficient (Wildman–Crippen LogP) is 3.50. The maximum atomic E-state index is 5.75. The molecule has 0 bridgehead atoms. The highest BCUT2D eigenvalue weighted by molar-refractivity contribution is 5.85. The predicted molar refractivity (Wildman–Crippen MR) is 78.3 cm³/mol. The van der Waals surface area contributed by atoms with Crippen LogP contribution in [0.5, 0.6) is 5.75 Å². The number of halogens is 1. The van der Waals surface area contributed by atoms with Crippen molar-refractivity contribution in [1.29, 1.82) is 0 Å². The Bertz CT molecular complexity index is 459. The highest BCUT2D eigenvalue weighted by atomic mass is 35.5. The number of hydrogen-bond donors (Lipinski definition) is 1. The zero-order chi connectivity index (χ0) is 11.9. The van der Waals surface area contributed by atoms with E-state index in [1.807, 2.05) is 36.4 Å². The Balaban J connectivity index is 0.00000162. The van der Waals surface area contributed by atoms with Gasteiger partial charge in [0.15, 0.2) is 0 Å². The van der Waals surface area contributed by atoms with Gasteiger partial charge in [-0.2, -0.15) is 0 Å². The van der Waals surface area contributed by atoms with Gasteiger partial charge in [-0.1, -0.05) is 48.5 Å². The average Bonchev–Trinajstić information content (AvgIpc) is 2.41.